The smallest absolute Gasteiger partial charge is 0.119 e. The van der Waals surface area contributed by atoms with Crippen LogP contribution in [0.3, 0.4) is 0 Å². The molecule has 0 aliphatic rings. The van der Waals surface area contributed by atoms with Gasteiger partial charge in [-0.05, 0) is 18.6 Å². The van der Waals surface area contributed by atoms with E-state index in [0.717, 1.165) is 12.2 Å². The minimum absolute atomic E-state index is 0.106. The van der Waals surface area contributed by atoms with Crippen molar-refractivity contribution in [2.45, 2.75) is 13.3 Å². The molecule has 0 heterocycles. The van der Waals surface area contributed by atoms with E-state index in [1.165, 1.54) is 0 Å². The minimum Gasteiger partial charge on any atom is -0.494 e. The van der Waals surface area contributed by atoms with Crippen molar-refractivity contribution in [1.29, 1.82) is 0 Å². The Morgan fingerprint density at radius 1 is 1.40 bits per heavy atom. The van der Waals surface area contributed by atoms with Crippen LogP contribution >= 0.6 is 0 Å². The standard InChI is InChI=1S/C13H18O2/c1-3-13(2,11-14)9-10-15-12-7-5-4-6-8-12/h3-8,14H,1,9-11H2,2H3. The molecular formula is C13H18O2. The van der Waals surface area contributed by atoms with Gasteiger partial charge < -0.3 is 9.84 Å². The van der Waals surface area contributed by atoms with Crippen LogP contribution in [0.2, 0.25) is 0 Å². The molecular weight excluding hydrogens is 188 g/mol. The number of hydrogen-bond donors (Lipinski definition) is 1. The third-order valence-corrected chi connectivity index (χ3v) is 2.54. The van der Waals surface area contributed by atoms with Gasteiger partial charge >= 0.3 is 0 Å². The van der Waals surface area contributed by atoms with Gasteiger partial charge in [0.25, 0.3) is 0 Å². The molecule has 0 saturated carbocycles. The number of hydrogen-bond acceptors (Lipinski definition) is 2. The van der Waals surface area contributed by atoms with E-state index in [-0.39, 0.29) is 12.0 Å². The summed E-state index contributed by atoms with van der Waals surface area (Å²) in [6.45, 7) is 6.38. The fourth-order valence-corrected chi connectivity index (χ4v) is 1.16. The number of para-hydroxylation sites is 1. The van der Waals surface area contributed by atoms with Gasteiger partial charge in [-0.1, -0.05) is 31.2 Å². The van der Waals surface area contributed by atoms with Crippen LogP contribution in [0.5, 0.6) is 5.75 Å². The van der Waals surface area contributed by atoms with Gasteiger partial charge in [0, 0.05) is 5.41 Å². The second-order valence-corrected chi connectivity index (χ2v) is 3.93. The van der Waals surface area contributed by atoms with Gasteiger partial charge in [0.05, 0.1) is 13.2 Å². The first-order valence-corrected chi connectivity index (χ1v) is 5.12. The molecule has 0 fully saturated rings. The Morgan fingerprint density at radius 3 is 2.60 bits per heavy atom. The average Bonchev–Trinajstić information content (AvgIpc) is 2.30. The van der Waals surface area contributed by atoms with Crippen LogP contribution in [-0.2, 0) is 0 Å². The zero-order chi connectivity index (χ0) is 11.1. The summed E-state index contributed by atoms with van der Waals surface area (Å²) in [5.74, 6) is 0.863. The van der Waals surface area contributed by atoms with Gasteiger partial charge in [-0.2, -0.15) is 0 Å². The van der Waals surface area contributed by atoms with E-state index in [2.05, 4.69) is 6.58 Å². The molecule has 0 aromatic heterocycles. The first-order chi connectivity index (χ1) is 7.20. The molecule has 1 N–H and O–H groups in total. The molecule has 2 nitrogen and oxygen atoms in total. The first kappa shape index (κ1) is 11.8. The predicted octanol–water partition coefficient (Wildman–Crippen LogP) is 2.64. The predicted molar refractivity (Wildman–Crippen MR) is 61.9 cm³/mol. The highest BCUT2D eigenvalue weighted by molar-refractivity contribution is 5.20. The van der Waals surface area contributed by atoms with Crippen LogP contribution in [-0.4, -0.2) is 18.3 Å². The molecule has 1 aromatic carbocycles. The number of aliphatic hydroxyl groups excluding tert-OH is 1. The number of ether oxygens (including phenoxy) is 1. The molecule has 0 saturated heterocycles. The fourth-order valence-electron chi connectivity index (χ4n) is 1.16. The maximum absolute atomic E-state index is 9.16. The molecule has 15 heavy (non-hydrogen) atoms. The lowest BCUT2D eigenvalue weighted by atomic mass is 9.88. The van der Waals surface area contributed by atoms with Gasteiger partial charge in [0.2, 0.25) is 0 Å². The summed E-state index contributed by atoms with van der Waals surface area (Å²) in [4.78, 5) is 0. The summed E-state index contributed by atoms with van der Waals surface area (Å²) in [5.41, 5.74) is -0.241. The molecule has 1 aromatic rings. The monoisotopic (exact) mass is 206 g/mol. The largest absolute Gasteiger partial charge is 0.494 e. The summed E-state index contributed by atoms with van der Waals surface area (Å²) < 4.78 is 5.55. The van der Waals surface area contributed by atoms with Crippen molar-refractivity contribution < 1.29 is 9.84 Å². The molecule has 0 bridgehead atoms. The van der Waals surface area contributed by atoms with E-state index in [1.807, 2.05) is 37.3 Å². The van der Waals surface area contributed by atoms with Crippen LogP contribution in [0, 0.1) is 5.41 Å². The van der Waals surface area contributed by atoms with Crippen LogP contribution in [0.4, 0.5) is 0 Å². The lowest BCUT2D eigenvalue weighted by Gasteiger charge is -2.22. The zero-order valence-electron chi connectivity index (χ0n) is 9.15. The molecule has 2 heteroatoms. The van der Waals surface area contributed by atoms with Crippen LogP contribution in [0.15, 0.2) is 43.0 Å². The van der Waals surface area contributed by atoms with Gasteiger partial charge in [0.1, 0.15) is 5.75 Å². The maximum atomic E-state index is 9.16. The summed E-state index contributed by atoms with van der Waals surface area (Å²) >= 11 is 0. The molecule has 0 aliphatic heterocycles. The highest BCUT2D eigenvalue weighted by atomic mass is 16.5. The molecule has 1 rings (SSSR count). The third-order valence-electron chi connectivity index (χ3n) is 2.54. The van der Waals surface area contributed by atoms with Crippen molar-refractivity contribution in [1.82, 2.24) is 0 Å². The van der Waals surface area contributed by atoms with Gasteiger partial charge in [-0.15, -0.1) is 6.58 Å². The van der Waals surface area contributed by atoms with Crippen molar-refractivity contribution in [3.63, 3.8) is 0 Å². The normalized spacial score (nSPS) is 14.3. The van der Waals surface area contributed by atoms with Crippen molar-refractivity contribution in [2.24, 2.45) is 5.41 Å². The summed E-state index contributed by atoms with van der Waals surface area (Å²) in [6, 6.07) is 9.67. The van der Waals surface area contributed by atoms with Crippen LogP contribution in [0.25, 0.3) is 0 Å². The molecule has 82 valence electrons. The minimum atomic E-state index is -0.241. The van der Waals surface area contributed by atoms with Gasteiger partial charge in [-0.3, -0.25) is 0 Å². The Labute approximate surface area is 91.2 Å². The molecule has 1 atom stereocenters. The van der Waals surface area contributed by atoms with E-state index in [4.69, 9.17) is 9.84 Å². The quantitative estimate of drug-likeness (QED) is 0.725. The zero-order valence-corrected chi connectivity index (χ0v) is 9.15. The number of benzene rings is 1. The molecule has 0 aliphatic carbocycles. The van der Waals surface area contributed by atoms with Crippen molar-refractivity contribution in [3.05, 3.63) is 43.0 Å². The fraction of sp³-hybridized carbons (Fsp3) is 0.385. The number of rotatable bonds is 6. The molecule has 0 spiro atoms. The second kappa shape index (κ2) is 5.56. The van der Waals surface area contributed by atoms with E-state index >= 15 is 0 Å². The highest BCUT2D eigenvalue weighted by Gasteiger charge is 2.18. The molecule has 1 unspecified atom stereocenters. The Bertz CT molecular complexity index is 295. The summed E-state index contributed by atoms with van der Waals surface area (Å²) in [7, 11) is 0. The van der Waals surface area contributed by atoms with Crippen LogP contribution in [0.1, 0.15) is 13.3 Å². The summed E-state index contributed by atoms with van der Waals surface area (Å²) in [5, 5.41) is 9.16. The first-order valence-electron chi connectivity index (χ1n) is 5.12. The maximum Gasteiger partial charge on any atom is 0.119 e. The van der Waals surface area contributed by atoms with Gasteiger partial charge in [-0.25, -0.2) is 0 Å². The second-order valence-electron chi connectivity index (χ2n) is 3.93. The summed E-state index contributed by atoms with van der Waals surface area (Å²) in [6.07, 6.45) is 2.54. The van der Waals surface area contributed by atoms with E-state index < -0.39 is 0 Å². The van der Waals surface area contributed by atoms with Crippen molar-refractivity contribution in [3.8, 4) is 5.75 Å². The van der Waals surface area contributed by atoms with Crippen molar-refractivity contribution >= 4 is 0 Å². The highest BCUT2D eigenvalue weighted by Crippen LogP contribution is 2.22. The Hall–Kier alpha value is -1.28. The van der Waals surface area contributed by atoms with Crippen molar-refractivity contribution in [2.75, 3.05) is 13.2 Å². The average molecular weight is 206 g/mol. The lowest BCUT2D eigenvalue weighted by Crippen LogP contribution is -2.21. The molecule has 0 amide bonds. The Kier molecular flexibility index (Phi) is 4.37. The topological polar surface area (TPSA) is 29.5 Å². The third kappa shape index (κ3) is 3.76. The Balaban J connectivity index is 2.36. The lowest BCUT2D eigenvalue weighted by molar-refractivity contribution is 0.151. The Morgan fingerprint density at radius 2 is 2.07 bits per heavy atom. The molecule has 0 radical (unpaired) electrons. The number of aliphatic hydroxyl groups is 1. The van der Waals surface area contributed by atoms with E-state index in [1.54, 1.807) is 6.08 Å². The SMILES string of the molecule is C=CC(C)(CO)CCOc1ccccc1. The van der Waals surface area contributed by atoms with E-state index in [0.29, 0.717) is 6.61 Å². The van der Waals surface area contributed by atoms with Gasteiger partial charge in [0.15, 0.2) is 0 Å². The van der Waals surface area contributed by atoms with Crippen LogP contribution < -0.4 is 4.74 Å². The van der Waals surface area contributed by atoms with E-state index in [9.17, 15) is 0 Å².